The fourth-order valence-electron chi connectivity index (χ4n) is 2.60. The van der Waals surface area contributed by atoms with Crippen molar-refractivity contribution in [2.24, 2.45) is 0 Å². The first kappa shape index (κ1) is 16.3. The van der Waals surface area contributed by atoms with E-state index in [9.17, 15) is 9.18 Å². The molecule has 0 unspecified atom stereocenters. The van der Waals surface area contributed by atoms with Crippen LogP contribution < -0.4 is 5.32 Å². The van der Waals surface area contributed by atoms with E-state index >= 15 is 0 Å². The number of halogens is 2. The molecule has 0 atom stereocenters. The highest BCUT2D eigenvalue weighted by molar-refractivity contribution is 9.10. The van der Waals surface area contributed by atoms with Gasteiger partial charge in [-0.15, -0.1) is 0 Å². The van der Waals surface area contributed by atoms with Crippen LogP contribution in [0, 0.1) is 12.7 Å². The van der Waals surface area contributed by atoms with Crippen molar-refractivity contribution >= 4 is 21.7 Å². The molecule has 1 aliphatic carbocycles. The van der Waals surface area contributed by atoms with Gasteiger partial charge in [-0.05, 0) is 60.7 Å². The number of ketones is 1. The summed E-state index contributed by atoms with van der Waals surface area (Å²) >= 11 is 3.54. The standard InChI is InChI=1S/C19H19BrFNO/c1-12-17(19(23)10-13-3-2-4-15(21)7-13)8-14(9-18(12)20)11-22-16-5-6-16/h2-4,7-9,16,22H,5-6,10-11H2,1H3. The van der Waals surface area contributed by atoms with E-state index in [1.54, 1.807) is 12.1 Å². The zero-order chi connectivity index (χ0) is 16.4. The second kappa shape index (κ2) is 6.93. The summed E-state index contributed by atoms with van der Waals surface area (Å²) in [7, 11) is 0. The summed E-state index contributed by atoms with van der Waals surface area (Å²) in [6, 6.07) is 10.9. The first-order chi connectivity index (χ1) is 11.0. The van der Waals surface area contributed by atoms with Crippen molar-refractivity contribution in [3.8, 4) is 0 Å². The van der Waals surface area contributed by atoms with Gasteiger partial charge < -0.3 is 5.32 Å². The summed E-state index contributed by atoms with van der Waals surface area (Å²) in [6.07, 6.45) is 2.68. The smallest absolute Gasteiger partial charge is 0.167 e. The quantitative estimate of drug-likeness (QED) is 0.749. The molecule has 2 nitrogen and oxygen atoms in total. The molecule has 0 aromatic heterocycles. The van der Waals surface area contributed by atoms with Crippen LogP contribution in [0.5, 0.6) is 0 Å². The van der Waals surface area contributed by atoms with Crippen LogP contribution in [-0.4, -0.2) is 11.8 Å². The topological polar surface area (TPSA) is 29.1 Å². The van der Waals surface area contributed by atoms with E-state index in [1.165, 1.54) is 25.0 Å². The normalized spacial score (nSPS) is 14.0. The van der Waals surface area contributed by atoms with Gasteiger partial charge in [0.15, 0.2) is 5.78 Å². The van der Waals surface area contributed by atoms with Gasteiger partial charge in [-0.3, -0.25) is 4.79 Å². The summed E-state index contributed by atoms with van der Waals surface area (Å²) in [6.45, 7) is 2.70. The van der Waals surface area contributed by atoms with Crippen LogP contribution in [0.4, 0.5) is 4.39 Å². The van der Waals surface area contributed by atoms with Crippen LogP contribution in [0.25, 0.3) is 0 Å². The van der Waals surface area contributed by atoms with E-state index in [0.29, 0.717) is 17.2 Å². The molecule has 120 valence electrons. The third-order valence-electron chi connectivity index (χ3n) is 4.13. The van der Waals surface area contributed by atoms with E-state index in [2.05, 4.69) is 27.3 Å². The molecule has 0 saturated heterocycles. The Morgan fingerprint density at radius 3 is 2.74 bits per heavy atom. The molecule has 1 fully saturated rings. The molecule has 2 aromatic carbocycles. The van der Waals surface area contributed by atoms with E-state index in [-0.39, 0.29) is 18.0 Å². The second-order valence-electron chi connectivity index (χ2n) is 6.14. The number of carbonyl (C=O) groups excluding carboxylic acids is 1. The Labute approximate surface area is 144 Å². The van der Waals surface area contributed by atoms with E-state index in [4.69, 9.17) is 0 Å². The van der Waals surface area contributed by atoms with Crippen molar-refractivity contribution in [3.05, 3.63) is 68.9 Å². The molecule has 0 radical (unpaired) electrons. The summed E-state index contributed by atoms with van der Waals surface area (Å²) in [5.74, 6) is -0.294. The lowest BCUT2D eigenvalue weighted by Crippen LogP contribution is -2.16. The molecule has 2 aromatic rings. The number of benzene rings is 2. The number of nitrogens with one attached hydrogen (secondary N) is 1. The lowest BCUT2D eigenvalue weighted by Gasteiger charge is -2.11. The summed E-state index contributed by atoms with van der Waals surface area (Å²) < 4.78 is 14.2. The highest BCUT2D eigenvalue weighted by Crippen LogP contribution is 2.25. The molecular formula is C19H19BrFNO. The number of hydrogen-bond donors (Lipinski definition) is 1. The molecule has 1 saturated carbocycles. The number of Topliss-reactive ketones (excluding diaryl/α,β-unsaturated/α-hetero) is 1. The Bertz CT molecular complexity index is 740. The van der Waals surface area contributed by atoms with Gasteiger partial charge in [0, 0.05) is 29.0 Å². The minimum atomic E-state index is -0.310. The molecule has 0 heterocycles. The van der Waals surface area contributed by atoms with Gasteiger partial charge in [0.1, 0.15) is 5.82 Å². The number of rotatable bonds is 6. The molecular weight excluding hydrogens is 357 g/mol. The van der Waals surface area contributed by atoms with Crippen molar-refractivity contribution in [2.45, 2.75) is 38.8 Å². The first-order valence-corrected chi connectivity index (χ1v) is 8.62. The van der Waals surface area contributed by atoms with Crippen molar-refractivity contribution in [2.75, 3.05) is 0 Å². The van der Waals surface area contributed by atoms with Gasteiger partial charge in [0.25, 0.3) is 0 Å². The SMILES string of the molecule is Cc1c(Br)cc(CNC2CC2)cc1C(=O)Cc1cccc(F)c1. The van der Waals surface area contributed by atoms with Crippen molar-refractivity contribution in [1.82, 2.24) is 5.32 Å². The molecule has 0 bridgehead atoms. The predicted molar refractivity (Wildman–Crippen MR) is 93.2 cm³/mol. The fourth-order valence-corrected chi connectivity index (χ4v) is 3.11. The average Bonchev–Trinajstić information content (AvgIpc) is 3.32. The van der Waals surface area contributed by atoms with Crippen LogP contribution in [-0.2, 0) is 13.0 Å². The predicted octanol–water partition coefficient (Wildman–Crippen LogP) is 4.57. The van der Waals surface area contributed by atoms with Crippen LogP contribution in [0.2, 0.25) is 0 Å². The Balaban J connectivity index is 1.80. The third kappa shape index (κ3) is 4.27. The highest BCUT2D eigenvalue weighted by atomic mass is 79.9. The summed E-state index contributed by atoms with van der Waals surface area (Å²) in [5, 5.41) is 3.46. The van der Waals surface area contributed by atoms with Gasteiger partial charge in [0.05, 0.1) is 0 Å². The van der Waals surface area contributed by atoms with Crippen LogP contribution in [0.1, 0.15) is 39.9 Å². The monoisotopic (exact) mass is 375 g/mol. The van der Waals surface area contributed by atoms with Crippen LogP contribution in [0.3, 0.4) is 0 Å². The van der Waals surface area contributed by atoms with Crippen molar-refractivity contribution < 1.29 is 9.18 Å². The molecule has 0 spiro atoms. The summed E-state index contributed by atoms with van der Waals surface area (Å²) in [4.78, 5) is 12.6. The molecule has 23 heavy (non-hydrogen) atoms. The second-order valence-corrected chi connectivity index (χ2v) is 6.99. The molecule has 1 aliphatic rings. The van der Waals surface area contributed by atoms with Crippen LogP contribution in [0.15, 0.2) is 40.9 Å². The van der Waals surface area contributed by atoms with Crippen molar-refractivity contribution in [1.29, 1.82) is 0 Å². The van der Waals surface area contributed by atoms with Gasteiger partial charge in [-0.1, -0.05) is 28.1 Å². The van der Waals surface area contributed by atoms with Gasteiger partial charge in [-0.2, -0.15) is 0 Å². The third-order valence-corrected chi connectivity index (χ3v) is 4.95. The molecule has 4 heteroatoms. The maximum Gasteiger partial charge on any atom is 0.167 e. The molecule has 0 amide bonds. The first-order valence-electron chi connectivity index (χ1n) is 7.83. The van der Waals surface area contributed by atoms with Crippen molar-refractivity contribution in [3.63, 3.8) is 0 Å². The Morgan fingerprint density at radius 2 is 2.04 bits per heavy atom. The molecule has 3 rings (SSSR count). The Morgan fingerprint density at radius 1 is 1.26 bits per heavy atom. The van der Waals surface area contributed by atoms with E-state index < -0.39 is 0 Å². The maximum atomic E-state index is 13.3. The minimum absolute atomic E-state index is 0.0158. The summed E-state index contributed by atoms with van der Waals surface area (Å²) in [5.41, 5.74) is 3.43. The maximum absolute atomic E-state index is 13.3. The lowest BCUT2D eigenvalue weighted by molar-refractivity contribution is 0.0992. The molecule has 0 aliphatic heterocycles. The van der Waals surface area contributed by atoms with E-state index in [0.717, 1.165) is 22.1 Å². The van der Waals surface area contributed by atoms with Crippen LogP contribution >= 0.6 is 15.9 Å². The largest absolute Gasteiger partial charge is 0.310 e. The minimum Gasteiger partial charge on any atom is -0.310 e. The number of hydrogen-bond acceptors (Lipinski definition) is 2. The van der Waals surface area contributed by atoms with Gasteiger partial charge in [-0.25, -0.2) is 4.39 Å². The van der Waals surface area contributed by atoms with Gasteiger partial charge in [0.2, 0.25) is 0 Å². The zero-order valence-corrected chi connectivity index (χ0v) is 14.6. The van der Waals surface area contributed by atoms with Gasteiger partial charge >= 0.3 is 0 Å². The highest BCUT2D eigenvalue weighted by Gasteiger charge is 2.20. The fraction of sp³-hybridized carbons (Fsp3) is 0.316. The Kier molecular flexibility index (Phi) is 4.93. The zero-order valence-electron chi connectivity index (χ0n) is 13.0. The lowest BCUT2D eigenvalue weighted by atomic mass is 9.97. The molecule has 1 N–H and O–H groups in total. The Hall–Kier alpha value is -1.52. The van der Waals surface area contributed by atoms with E-state index in [1.807, 2.05) is 13.0 Å². The average molecular weight is 376 g/mol. The number of carbonyl (C=O) groups is 1.